The average Bonchev–Trinajstić information content (AvgIpc) is 3.51. The fraction of sp³-hybridized carbons (Fsp3) is 0.488. The minimum absolute atomic E-state index is 0.173. The quantitative estimate of drug-likeness (QED) is 0.215. The number of aryl methyl sites for hydroxylation is 2. The van der Waals surface area contributed by atoms with Gasteiger partial charge in [0.1, 0.15) is 0 Å². The van der Waals surface area contributed by atoms with Gasteiger partial charge in [0.15, 0.2) is 0 Å². The fourth-order valence-corrected chi connectivity index (χ4v) is 7.13. The molecule has 0 atom stereocenters. The van der Waals surface area contributed by atoms with Crippen LogP contribution in [0, 0.1) is 24.7 Å². The summed E-state index contributed by atoms with van der Waals surface area (Å²) in [5, 5.41) is 7.48. The second-order valence-electron chi connectivity index (χ2n) is 14.8. The SMILES string of the molecule is C=C1CC=C(c2ccc(CCCCCN3N=C(c4ccc(CC)c5c4CC(C(C)(C)C)=C5)C(C)(C)C3=C)c(C)c2C)CC1. The molecular formula is C41H54N2. The van der Waals surface area contributed by atoms with E-state index in [1.54, 1.807) is 0 Å². The van der Waals surface area contributed by atoms with Gasteiger partial charge in [0.25, 0.3) is 0 Å². The molecule has 1 heterocycles. The number of hydrogen-bond acceptors (Lipinski definition) is 2. The second-order valence-corrected chi connectivity index (χ2v) is 14.8. The van der Waals surface area contributed by atoms with E-state index in [9.17, 15) is 0 Å². The van der Waals surface area contributed by atoms with Crippen molar-refractivity contribution in [1.29, 1.82) is 0 Å². The molecule has 2 aromatic rings. The largest absolute Gasteiger partial charge is 0.269 e. The zero-order valence-corrected chi connectivity index (χ0v) is 28.3. The normalized spacial score (nSPS) is 18.1. The average molecular weight is 575 g/mol. The van der Waals surface area contributed by atoms with Crippen molar-refractivity contribution in [3.05, 3.63) is 105 Å². The van der Waals surface area contributed by atoms with Crippen LogP contribution in [0.4, 0.5) is 0 Å². The molecule has 0 spiro atoms. The maximum atomic E-state index is 5.27. The molecule has 3 aliphatic rings. The van der Waals surface area contributed by atoms with Crippen molar-refractivity contribution in [2.75, 3.05) is 6.54 Å². The van der Waals surface area contributed by atoms with Crippen LogP contribution in [-0.2, 0) is 19.3 Å². The first-order valence-corrected chi connectivity index (χ1v) is 16.7. The number of allylic oxidation sites excluding steroid dienone is 5. The first kappa shape index (κ1) is 31.3. The lowest BCUT2D eigenvalue weighted by molar-refractivity contribution is 0.334. The molecule has 0 saturated carbocycles. The van der Waals surface area contributed by atoms with E-state index in [1.807, 2.05) is 0 Å². The number of nitrogens with zero attached hydrogens (tertiary/aromatic N) is 2. The van der Waals surface area contributed by atoms with E-state index >= 15 is 0 Å². The molecule has 0 N–H and O–H groups in total. The Balaban J connectivity index is 1.23. The zero-order chi connectivity index (χ0) is 31.1. The Hall–Kier alpha value is -3.13. The molecule has 2 aromatic carbocycles. The third-order valence-electron chi connectivity index (χ3n) is 10.5. The molecule has 0 amide bonds. The molecule has 0 unspecified atom stereocenters. The summed E-state index contributed by atoms with van der Waals surface area (Å²) in [5.41, 5.74) is 18.2. The Morgan fingerprint density at radius 2 is 1.63 bits per heavy atom. The maximum Gasteiger partial charge on any atom is 0.0800 e. The number of benzene rings is 2. The second kappa shape index (κ2) is 12.1. The van der Waals surface area contributed by atoms with Crippen molar-refractivity contribution in [3.63, 3.8) is 0 Å². The molecule has 0 aromatic heterocycles. The van der Waals surface area contributed by atoms with Gasteiger partial charge in [-0.15, -0.1) is 0 Å². The molecule has 43 heavy (non-hydrogen) atoms. The van der Waals surface area contributed by atoms with Gasteiger partial charge in [0, 0.05) is 17.8 Å². The summed E-state index contributed by atoms with van der Waals surface area (Å²) in [5.74, 6) is 0. The Bertz CT molecular complexity index is 1530. The molecule has 1 aliphatic heterocycles. The summed E-state index contributed by atoms with van der Waals surface area (Å²) >= 11 is 0. The summed E-state index contributed by atoms with van der Waals surface area (Å²) in [6, 6.07) is 9.42. The van der Waals surface area contributed by atoms with Gasteiger partial charge < -0.3 is 0 Å². The van der Waals surface area contributed by atoms with E-state index in [1.165, 1.54) is 79.8 Å². The molecule has 2 nitrogen and oxygen atoms in total. The maximum absolute atomic E-state index is 5.27. The lowest BCUT2D eigenvalue weighted by Crippen LogP contribution is -2.26. The van der Waals surface area contributed by atoms with Crippen molar-refractivity contribution in [2.45, 2.75) is 113 Å². The van der Waals surface area contributed by atoms with Crippen LogP contribution in [0.25, 0.3) is 11.6 Å². The molecule has 2 aliphatic carbocycles. The van der Waals surface area contributed by atoms with Gasteiger partial charge in [-0.05, 0) is 129 Å². The molecular weight excluding hydrogens is 520 g/mol. The van der Waals surface area contributed by atoms with E-state index in [0.717, 1.165) is 57.2 Å². The minimum Gasteiger partial charge on any atom is -0.269 e. The summed E-state index contributed by atoms with van der Waals surface area (Å²) in [7, 11) is 0. The summed E-state index contributed by atoms with van der Waals surface area (Å²) in [4.78, 5) is 0. The Labute approximate surface area is 262 Å². The zero-order valence-electron chi connectivity index (χ0n) is 28.3. The predicted octanol–water partition coefficient (Wildman–Crippen LogP) is 10.9. The lowest BCUT2D eigenvalue weighted by atomic mass is 9.78. The molecule has 5 rings (SSSR count). The van der Waals surface area contributed by atoms with E-state index in [4.69, 9.17) is 5.10 Å². The minimum atomic E-state index is -0.177. The first-order chi connectivity index (χ1) is 20.3. The van der Waals surface area contributed by atoms with Gasteiger partial charge >= 0.3 is 0 Å². The third kappa shape index (κ3) is 6.13. The highest BCUT2D eigenvalue weighted by atomic mass is 15.5. The predicted molar refractivity (Wildman–Crippen MR) is 188 cm³/mol. The Kier molecular flexibility index (Phi) is 8.81. The molecule has 0 radical (unpaired) electrons. The van der Waals surface area contributed by atoms with Crippen LogP contribution >= 0.6 is 0 Å². The Morgan fingerprint density at radius 1 is 0.907 bits per heavy atom. The van der Waals surface area contributed by atoms with E-state index in [-0.39, 0.29) is 10.8 Å². The van der Waals surface area contributed by atoms with Crippen molar-refractivity contribution in [1.82, 2.24) is 5.01 Å². The third-order valence-corrected chi connectivity index (χ3v) is 10.5. The highest BCUT2D eigenvalue weighted by molar-refractivity contribution is 6.09. The van der Waals surface area contributed by atoms with Gasteiger partial charge in [0.2, 0.25) is 0 Å². The molecule has 228 valence electrons. The van der Waals surface area contributed by atoms with Gasteiger partial charge in [-0.1, -0.05) is 94.8 Å². The van der Waals surface area contributed by atoms with Crippen molar-refractivity contribution in [3.8, 4) is 0 Å². The lowest BCUT2D eigenvalue weighted by Gasteiger charge is -2.26. The summed E-state index contributed by atoms with van der Waals surface area (Å²) in [6.07, 6.45) is 14.9. The number of rotatable bonds is 9. The number of hydrogen-bond donors (Lipinski definition) is 0. The van der Waals surface area contributed by atoms with Gasteiger partial charge in [-0.3, -0.25) is 5.01 Å². The standard InChI is InChI=1S/C41H54N2/c1-11-31-20-23-36(38-26-34(25-37(31)38)40(6,7)8)39-41(9,10)30(5)43(42-39)24-14-12-13-15-32-21-22-35(29(4)28(32)3)33-18-16-27(2)17-19-33/h18,20-23,25H,2,5,11-17,19,24,26H2,1,3-4,6-10H3. The number of hydrazone groups is 1. The van der Waals surface area contributed by atoms with Crippen molar-refractivity contribution in [2.24, 2.45) is 15.9 Å². The van der Waals surface area contributed by atoms with Crippen LogP contribution in [0.5, 0.6) is 0 Å². The van der Waals surface area contributed by atoms with E-state index < -0.39 is 0 Å². The highest BCUT2D eigenvalue weighted by Crippen LogP contribution is 2.44. The van der Waals surface area contributed by atoms with Crippen LogP contribution in [-0.4, -0.2) is 17.3 Å². The van der Waals surface area contributed by atoms with Crippen LogP contribution in [0.15, 0.2) is 65.4 Å². The number of fused-ring (bicyclic) bond motifs is 1. The smallest absolute Gasteiger partial charge is 0.0800 e. The monoisotopic (exact) mass is 574 g/mol. The fourth-order valence-electron chi connectivity index (χ4n) is 7.13. The molecule has 2 heteroatoms. The van der Waals surface area contributed by atoms with Crippen LogP contribution in [0.3, 0.4) is 0 Å². The highest BCUT2D eigenvalue weighted by Gasteiger charge is 2.40. The van der Waals surface area contributed by atoms with E-state index in [0.29, 0.717) is 0 Å². The van der Waals surface area contributed by atoms with E-state index in [2.05, 4.69) is 110 Å². The van der Waals surface area contributed by atoms with Crippen molar-refractivity contribution >= 4 is 17.4 Å². The van der Waals surface area contributed by atoms with Gasteiger partial charge in [-0.2, -0.15) is 5.10 Å². The molecule has 0 bridgehead atoms. The topological polar surface area (TPSA) is 15.6 Å². The van der Waals surface area contributed by atoms with Crippen molar-refractivity contribution < 1.29 is 0 Å². The van der Waals surface area contributed by atoms with Gasteiger partial charge in [-0.25, -0.2) is 0 Å². The summed E-state index contributed by atoms with van der Waals surface area (Å²) < 4.78 is 0. The van der Waals surface area contributed by atoms with Crippen LogP contribution in [0.1, 0.15) is 125 Å². The van der Waals surface area contributed by atoms with Gasteiger partial charge in [0.05, 0.1) is 11.1 Å². The molecule has 0 fully saturated rings. The van der Waals surface area contributed by atoms with Crippen LogP contribution in [0.2, 0.25) is 0 Å². The Morgan fingerprint density at radius 3 is 2.30 bits per heavy atom. The van der Waals surface area contributed by atoms with Crippen LogP contribution < -0.4 is 0 Å². The summed E-state index contributed by atoms with van der Waals surface area (Å²) in [6.45, 7) is 28.1. The molecule has 0 saturated heterocycles. The number of unbranched alkanes of at least 4 members (excludes halogenated alkanes) is 2. The first-order valence-electron chi connectivity index (χ1n) is 16.7.